The maximum atomic E-state index is 11.9. The van der Waals surface area contributed by atoms with E-state index in [2.05, 4.69) is 41.0 Å². The van der Waals surface area contributed by atoms with Crippen LogP contribution in [0.5, 0.6) is 0 Å². The third-order valence-corrected chi connectivity index (χ3v) is 3.76. The van der Waals surface area contributed by atoms with Crippen LogP contribution in [0.2, 0.25) is 0 Å². The third-order valence-electron chi connectivity index (χ3n) is 3.76. The molecule has 0 spiro atoms. The van der Waals surface area contributed by atoms with Gasteiger partial charge in [-0.15, -0.1) is 12.4 Å². The molecule has 1 aliphatic rings. The summed E-state index contributed by atoms with van der Waals surface area (Å²) in [6, 6.07) is 14.5. The Kier molecular flexibility index (Phi) is 6.19. The molecule has 2 N–H and O–H groups in total. The largest absolute Gasteiger partial charge is 0.378 e. The number of ether oxygens (including phenoxy) is 1. The second-order valence-electron chi connectivity index (χ2n) is 5.30. The molecule has 2 aromatic rings. The first-order valence-electron chi connectivity index (χ1n) is 7.39. The number of halogens is 1. The summed E-state index contributed by atoms with van der Waals surface area (Å²) in [5.41, 5.74) is 1.24. The lowest BCUT2D eigenvalue weighted by Gasteiger charge is -2.22. The molecule has 0 saturated carbocycles. The Bertz CT molecular complexity index is 627. The Hall–Kier alpha value is -1.62. The summed E-state index contributed by atoms with van der Waals surface area (Å²) >= 11 is 0. The summed E-state index contributed by atoms with van der Waals surface area (Å²) in [7, 11) is 0. The maximum Gasteiger partial charge on any atom is 0.239 e. The van der Waals surface area contributed by atoms with Crippen molar-refractivity contribution in [2.45, 2.75) is 12.5 Å². The van der Waals surface area contributed by atoms with Crippen molar-refractivity contribution in [3.63, 3.8) is 0 Å². The average Bonchev–Trinajstić information content (AvgIpc) is 2.55. The van der Waals surface area contributed by atoms with Crippen molar-refractivity contribution in [2.75, 3.05) is 26.3 Å². The molecule has 0 aromatic heterocycles. The van der Waals surface area contributed by atoms with E-state index < -0.39 is 0 Å². The minimum Gasteiger partial charge on any atom is -0.378 e. The highest BCUT2D eigenvalue weighted by molar-refractivity contribution is 5.85. The second kappa shape index (κ2) is 8.13. The molecule has 2 aromatic carbocycles. The molecular weight excluding hydrogens is 300 g/mol. The molecule has 118 valence electrons. The minimum absolute atomic E-state index is 0. The molecule has 3 rings (SSSR count). The van der Waals surface area contributed by atoms with E-state index in [1.807, 2.05) is 12.1 Å². The van der Waals surface area contributed by atoms with Crippen LogP contribution < -0.4 is 10.6 Å². The van der Waals surface area contributed by atoms with Gasteiger partial charge in [0.1, 0.15) is 6.04 Å². The molecule has 1 unspecified atom stereocenters. The number of hydrogen-bond donors (Lipinski definition) is 2. The highest BCUT2D eigenvalue weighted by Gasteiger charge is 2.20. The average molecular weight is 321 g/mol. The van der Waals surface area contributed by atoms with Gasteiger partial charge in [0, 0.05) is 13.1 Å². The topological polar surface area (TPSA) is 50.4 Å². The van der Waals surface area contributed by atoms with Crippen LogP contribution in [-0.4, -0.2) is 38.3 Å². The van der Waals surface area contributed by atoms with E-state index in [-0.39, 0.29) is 24.4 Å². The first-order valence-corrected chi connectivity index (χ1v) is 7.39. The zero-order chi connectivity index (χ0) is 14.5. The molecule has 1 saturated heterocycles. The van der Waals surface area contributed by atoms with E-state index in [4.69, 9.17) is 4.74 Å². The van der Waals surface area contributed by atoms with Crippen molar-refractivity contribution in [3.05, 3.63) is 48.0 Å². The van der Waals surface area contributed by atoms with Crippen LogP contribution in [0.3, 0.4) is 0 Å². The van der Waals surface area contributed by atoms with E-state index in [1.54, 1.807) is 0 Å². The molecule has 0 bridgehead atoms. The molecule has 0 radical (unpaired) electrons. The number of hydrogen-bond acceptors (Lipinski definition) is 3. The molecule has 1 atom stereocenters. The lowest BCUT2D eigenvalue weighted by molar-refractivity contribution is -0.125. The van der Waals surface area contributed by atoms with Gasteiger partial charge >= 0.3 is 0 Å². The normalized spacial score (nSPS) is 17.7. The van der Waals surface area contributed by atoms with Crippen molar-refractivity contribution in [3.8, 4) is 0 Å². The van der Waals surface area contributed by atoms with Gasteiger partial charge in [-0.25, -0.2) is 0 Å². The lowest BCUT2D eigenvalue weighted by Crippen LogP contribution is -2.51. The molecule has 1 fully saturated rings. The van der Waals surface area contributed by atoms with Crippen LogP contribution in [0.15, 0.2) is 42.5 Å². The van der Waals surface area contributed by atoms with Gasteiger partial charge in [0.25, 0.3) is 0 Å². The fourth-order valence-electron chi connectivity index (χ4n) is 2.58. The van der Waals surface area contributed by atoms with Crippen molar-refractivity contribution in [2.24, 2.45) is 0 Å². The molecule has 22 heavy (non-hydrogen) atoms. The van der Waals surface area contributed by atoms with Crippen molar-refractivity contribution in [1.29, 1.82) is 0 Å². The van der Waals surface area contributed by atoms with E-state index >= 15 is 0 Å². The van der Waals surface area contributed by atoms with Crippen LogP contribution in [0, 0.1) is 0 Å². The maximum absolute atomic E-state index is 11.9. The minimum atomic E-state index is -0.213. The van der Waals surface area contributed by atoms with Gasteiger partial charge in [0.2, 0.25) is 5.91 Å². The first-order chi connectivity index (χ1) is 10.3. The number of rotatable bonds is 4. The van der Waals surface area contributed by atoms with Crippen molar-refractivity contribution >= 4 is 29.1 Å². The van der Waals surface area contributed by atoms with Crippen molar-refractivity contribution in [1.82, 2.24) is 10.6 Å². The first kappa shape index (κ1) is 16.7. The molecule has 5 heteroatoms. The molecule has 1 amide bonds. The number of carbonyl (C=O) groups excluding carboxylic acids is 1. The molecule has 4 nitrogen and oxygen atoms in total. The number of morpholine rings is 1. The summed E-state index contributed by atoms with van der Waals surface area (Å²) < 4.78 is 5.29. The lowest BCUT2D eigenvalue weighted by atomic mass is 10.1. The predicted molar refractivity (Wildman–Crippen MR) is 90.5 cm³/mol. The van der Waals surface area contributed by atoms with Gasteiger partial charge in [-0.2, -0.15) is 0 Å². The number of nitrogens with one attached hydrogen (secondary N) is 2. The van der Waals surface area contributed by atoms with E-state index in [9.17, 15) is 4.79 Å². The number of amides is 1. The number of fused-ring (bicyclic) bond motifs is 1. The van der Waals surface area contributed by atoms with Gasteiger partial charge in [-0.05, 0) is 22.8 Å². The van der Waals surface area contributed by atoms with Crippen LogP contribution in [-0.2, 0) is 16.0 Å². The smallest absolute Gasteiger partial charge is 0.239 e. The number of carbonyl (C=O) groups is 1. The van der Waals surface area contributed by atoms with Crippen molar-refractivity contribution < 1.29 is 9.53 Å². The summed E-state index contributed by atoms with van der Waals surface area (Å²) in [6.07, 6.45) is 0.837. The van der Waals surface area contributed by atoms with Crippen LogP contribution in [0.1, 0.15) is 5.56 Å². The standard InChI is InChI=1S/C17H20N2O2.ClH/c20-17(16-12-21-10-9-18-16)19-8-7-13-5-6-14-3-1-2-4-15(14)11-13;/h1-6,11,16,18H,7-10,12H2,(H,19,20);1H. The van der Waals surface area contributed by atoms with Gasteiger partial charge < -0.3 is 15.4 Å². The Morgan fingerprint density at radius 1 is 1.23 bits per heavy atom. The Morgan fingerprint density at radius 3 is 2.82 bits per heavy atom. The van der Waals surface area contributed by atoms with Gasteiger partial charge in [-0.1, -0.05) is 42.5 Å². The SMILES string of the molecule is Cl.O=C(NCCc1ccc2ccccc2c1)C1COCCN1. The summed E-state index contributed by atoms with van der Waals surface area (Å²) in [5, 5.41) is 8.61. The van der Waals surface area contributed by atoms with Gasteiger partial charge in [0.15, 0.2) is 0 Å². The molecule has 1 heterocycles. The predicted octanol–water partition coefficient (Wildman–Crippen LogP) is 1.91. The van der Waals surface area contributed by atoms with E-state index in [0.717, 1.165) is 13.0 Å². The Balaban J connectivity index is 0.00000176. The van der Waals surface area contributed by atoms with Gasteiger partial charge in [0.05, 0.1) is 13.2 Å². The number of benzene rings is 2. The monoisotopic (exact) mass is 320 g/mol. The molecular formula is C17H21ClN2O2. The highest BCUT2D eigenvalue weighted by Crippen LogP contribution is 2.15. The summed E-state index contributed by atoms with van der Waals surface area (Å²) in [5.74, 6) is 0.0236. The summed E-state index contributed by atoms with van der Waals surface area (Å²) in [6.45, 7) is 2.53. The van der Waals surface area contributed by atoms with Crippen LogP contribution >= 0.6 is 12.4 Å². The molecule has 1 aliphatic heterocycles. The van der Waals surface area contributed by atoms with Crippen LogP contribution in [0.25, 0.3) is 10.8 Å². The quantitative estimate of drug-likeness (QED) is 0.905. The van der Waals surface area contributed by atoms with E-state index in [0.29, 0.717) is 19.8 Å². The Morgan fingerprint density at radius 2 is 2.05 bits per heavy atom. The molecule has 0 aliphatic carbocycles. The summed E-state index contributed by atoms with van der Waals surface area (Å²) in [4.78, 5) is 11.9. The van der Waals surface area contributed by atoms with Crippen LogP contribution in [0.4, 0.5) is 0 Å². The fraction of sp³-hybridized carbons (Fsp3) is 0.353. The second-order valence-corrected chi connectivity index (χ2v) is 5.30. The highest BCUT2D eigenvalue weighted by atomic mass is 35.5. The fourth-order valence-corrected chi connectivity index (χ4v) is 2.58. The van der Waals surface area contributed by atoms with Gasteiger partial charge in [-0.3, -0.25) is 4.79 Å². The zero-order valence-corrected chi connectivity index (χ0v) is 13.2. The Labute approximate surface area is 136 Å². The third kappa shape index (κ3) is 4.19. The zero-order valence-electron chi connectivity index (χ0n) is 12.4. The van der Waals surface area contributed by atoms with E-state index in [1.165, 1.54) is 16.3 Å².